The molecule has 0 saturated heterocycles. The summed E-state index contributed by atoms with van der Waals surface area (Å²) in [6.45, 7) is 0. The minimum atomic E-state index is -4.16. The van der Waals surface area contributed by atoms with Gasteiger partial charge < -0.3 is 5.73 Å². The maximum Gasteiger partial charge on any atom is 0.389 e. The molecule has 0 heterocycles. The van der Waals surface area contributed by atoms with Gasteiger partial charge in [-0.15, -0.1) is 12.4 Å². The van der Waals surface area contributed by atoms with Crippen LogP contribution in [0.25, 0.3) is 11.1 Å². The molecule has 0 aromatic heterocycles. The number of benzene rings is 2. The van der Waals surface area contributed by atoms with Gasteiger partial charge in [-0.2, -0.15) is 13.2 Å². The predicted molar refractivity (Wildman–Crippen MR) is 81.3 cm³/mol. The topological polar surface area (TPSA) is 26.0 Å². The van der Waals surface area contributed by atoms with Crippen LogP contribution in [-0.4, -0.2) is 6.18 Å². The van der Waals surface area contributed by atoms with Gasteiger partial charge in [0.15, 0.2) is 0 Å². The number of alkyl halides is 3. The highest BCUT2D eigenvalue weighted by atomic mass is 35.5. The summed E-state index contributed by atoms with van der Waals surface area (Å²) >= 11 is 0. The Morgan fingerprint density at radius 3 is 2.14 bits per heavy atom. The van der Waals surface area contributed by atoms with Gasteiger partial charge in [0.2, 0.25) is 0 Å². The summed E-state index contributed by atoms with van der Waals surface area (Å²) in [5, 5.41) is 0. The van der Waals surface area contributed by atoms with Crippen molar-refractivity contribution in [2.45, 2.75) is 25.1 Å². The van der Waals surface area contributed by atoms with Gasteiger partial charge in [0, 0.05) is 12.5 Å². The third-order valence-corrected chi connectivity index (χ3v) is 3.16. The Hall–Kier alpha value is -1.52. The highest BCUT2D eigenvalue weighted by molar-refractivity contribution is 5.85. The maximum atomic E-state index is 12.2. The number of nitrogens with two attached hydrogens (primary N) is 1. The van der Waals surface area contributed by atoms with Gasteiger partial charge in [-0.1, -0.05) is 48.5 Å². The van der Waals surface area contributed by atoms with E-state index in [0.717, 1.165) is 16.7 Å². The molecule has 1 nitrogen and oxygen atoms in total. The number of rotatable bonds is 4. The first kappa shape index (κ1) is 17.5. The van der Waals surface area contributed by atoms with Crippen LogP contribution in [0.5, 0.6) is 0 Å². The second kappa shape index (κ2) is 7.48. The molecule has 0 unspecified atom stereocenters. The van der Waals surface area contributed by atoms with E-state index >= 15 is 0 Å². The Morgan fingerprint density at radius 2 is 1.52 bits per heavy atom. The van der Waals surface area contributed by atoms with E-state index in [4.69, 9.17) is 5.73 Å². The van der Waals surface area contributed by atoms with Gasteiger partial charge in [0.05, 0.1) is 0 Å². The van der Waals surface area contributed by atoms with Crippen LogP contribution >= 0.6 is 12.4 Å². The van der Waals surface area contributed by atoms with Crippen molar-refractivity contribution in [3.05, 3.63) is 60.2 Å². The lowest BCUT2D eigenvalue weighted by atomic mass is 9.97. The third-order valence-electron chi connectivity index (χ3n) is 3.16. The second-order valence-electron chi connectivity index (χ2n) is 4.75. The Balaban J connectivity index is 0.00000220. The summed E-state index contributed by atoms with van der Waals surface area (Å²) in [7, 11) is 0. The standard InChI is InChI=1S/C16H16F3N.ClH/c17-16(18,19)10-9-15(20)14-8-4-7-13(11-14)12-5-2-1-3-6-12;/h1-8,11,15H,9-10,20H2;1H/t15-;/m0./s1. The van der Waals surface area contributed by atoms with Crippen LogP contribution in [0.4, 0.5) is 13.2 Å². The van der Waals surface area contributed by atoms with Crippen molar-refractivity contribution in [2.24, 2.45) is 5.73 Å². The SMILES string of the molecule is Cl.N[C@@H](CCC(F)(F)F)c1cccc(-c2ccccc2)c1. The lowest BCUT2D eigenvalue weighted by Gasteiger charge is -2.14. The van der Waals surface area contributed by atoms with Crippen LogP contribution in [0, 0.1) is 0 Å². The molecule has 0 spiro atoms. The van der Waals surface area contributed by atoms with E-state index in [9.17, 15) is 13.2 Å². The van der Waals surface area contributed by atoms with E-state index in [1.165, 1.54) is 0 Å². The first-order valence-corrected chi connectivity index (χ1v) is 6.43. The number of halogens is 4. The van der Waals surface area contributed by atoms with E-state index < -0.39 is 18.6 Å². The van der Waals surface area contributed by atoms with E-state index in [2.05, 4.69) is 0 Å². The fourth-order valence-electron chi connectivity index (χ4n) is 2.07. The molecule has 0 aliphatic heterocycles. The summed E-state index contributed by atoms with van der Waals surface area (Å²) in [5.41, 5.74) is 8.57. The monoisotopic (exact) mass is 315 g/mol. The van der Waals surface area contributed by atoms with Crippen LogP contribution < -0.4 is 5.73 Å². The van der Waals surface area contributed by atoms with Gasteiger partial charge in [-0.05, 0) is 29.2 Å². The quantitative estimate of drug-likeness (QED) is 0.832. The third kappa shape index (κ3) is 5.40. The smallest absolute Gasteiger partial charge is 0.324 e. The lowest BCUT2D eigenvalue weighted by molar-refractivity contribution is -0.136. The van der Waals surface area contributed by atoms with Crippen molar-refractivity contribution < 1.29 is 13.2 Å². The Bertz CT molecular complexity index is 555. The molecular formula is C16H17ClF3N. The van der Waals surface area contributed by atoms with Crippen molar-refractivity contribution in [1.82, 2.24) is 0 Å². The highest BCUT2D eigenvalue weighted by Gasteiger charge is 2.27. The van der Waals surface area contributed by atoms with E-state index in [0.29, 0.717) is 0 Å². The summed E-state index contributed by atoms with van der Waals surface area (Å²) < 4.78 is 36.7. The average molecular weight is 316 g/mol. The molecule has 2 rings (SSSR count). The molecule has 0 bridgehead atoms. The van der Waals surface area contributed by atoms with Crippen molar-refractivity contribution in [3.8, 4) is 11.1 Å². The molecule has 5 heteroatoms. The van der Waals surface area contributed by atoms with Crippen molar-refractivity contribution in [1.29, 1.82) is 0 Å². The zero-order valence-electron chi connectivity index (χ0n) is 11.3. The second-order valence-corrected chi connectivity index (χ2v) is 4.75. The summed E-state index contributed by atoms with van der Waals surface area (Å²) in [5.74, 6) is 0. The van der Waals surface area contributed by atoms with Gasteiger partial charge in [-0.25, -0.2) is 0 Å². The van der Waals surface area contributed by atoms with Crippen LogP contribution in [-0.2, 0) is 0 Å². The van der Waals surface area contributed by atoms with E-state index in [-0.39, 0.29) is 18.8 Å². The van der Waals surface area contributed by atoms with Crippen molar-refractivity contribution in [3.63, 3.8) is 0 Å². The average Bonchev–Trinajstić information content (AvgIpc) is 2.45. The van der Waals surface area contributed by atoms with Gasteiger partial charge in [-0.3, -0.25) is 0 Å². The summed E-state index contributed by atoms with van der Waals surface area (Å²) in [4.78, 5) is 0. The lowest BCUT2D eigenvalue weighted by Crippen LogP contribution is -2.15. The molecule has 0 aliphatic carbocycles. The van der Waals surface area contributed by atoms with Gasteiger partial charge >= 0.3 is 6.18 Å². The van der Waals surface area contributed by atoms with Crippen LogP contribution in [0.1, 0.15) is 24.4 Å². The predicted octanol–water partition coefficient (Wildman–Crippen LogP) is 5.12. The molecule has 0 amide bonds. The number of hydrogen-bond donors (Lipinski definition) is 1. The minimum Gasteiger partial charge on any atom is -0.324 e. The molecule has 2 N–H and O–H groups in total. The van der Waals surface area contributed by atoms with Crippen molar-refractivity contribution in [2.75, 3.05) is 0 Å². The van der Waals surface area contributed by atoms with E-state index in [1.807, 2.05) is 48.5 Å². The molecule has 2 aromatic rings. The molecule has 0 fully saturated rings. The van der Waals surface area contributed by atoms with Gasteiger partial charge in [0.1, 0.15) is 0 Å². The van der Waals surface area contributed by atoms with Crippen LogP contribution in [0.3, 0.4) is 0 Å². The molecule has 21 heavy (non-hydrogen) atoms. The molecule has 114 valence electrons. The Kier molecular flexibility index (Phi) is 6.24. The molecule has 0 aliphatic rings. The Morgan fingerprint density at radius 1 is 0.905 bits per heavy atom. The molecule has 0 saturated carbocycles. The van der Waals surface area contributed by atoms with Crippen LogP contribution in [0.15, 0.2) is 54.6 Å². The Labute approximate surface area is 128 Å². The molecule has 1 atom stereocenters. The minimum absolute atomic E-state index is 0. The van der Waals surface area contributed by atoms with Gasteiger partial charge in [0.25, 0.3) is 0 Å². The van der Waals surface area contributed by atoms with Crippen molar-refractivity contribution >= 4 is 12.4 Å². The maximum absolute atomic E-state index is 12.2. The summed E-state index contributed by atoms with van der Waals surface area (Å²) in [6.07, 6.45) is -5.11. The van der Waals surface area contributed by atoms with Crippen LogP contribution in [0.2, 0.25) is 0 Å². The first-order valence-electron chi connectivity index (χ1n) is 6.43. The zero-order valence-corrected chi connectivity index (χ0v) is 12.1. The first-order chi connectivity index (χ1) is 9.46. The molecule has 0 radical (unpaired) electrons. The zero-order chi connectivity index (χ0) is 14.6. The highest BCUT2D eigenvalue weighted by Crippen LogP contribution is 2.28. The fraction of sp³-hybridized carbons (Fsp3) is 0.250. The largest absolute Gasteiger partial charge is 0.389 e. The molecular weight excluding hydrogens is 299 g/mol. The summed E-state index contributed by atoms with van der Waals surface area (Å²) in [6, 6.07) is 16.5. The number of hydrogen-bond acceptors (Lipinski definition) is 1. The fourth-order valence-corrected chi connectivity index (χ4v) is 2.07. The molecule has 2 aromatic carbocycles. The normalized spacial score (nSPS) is 12.6. The van der Waals surface area contributed by atoms with E-state index in [1.54, 1.807) is 6.07 Å².